The minimum absolute atomic E-state index is 0.187. The molecule has 0 aliphatic rings. The molecular formula is C11H6Cl2F2N2O. The number of hydrogen-bond donors (Lipinski definition) is 0. The maximum atomic E-state index is 12.7. The highest BCUT2D eigenvalue weighted by Crippen LogP contribution is 2.30. The van der Waals surface area contributed by atoms with Crippen molar-refractivity contribution in [3.05, 3.63) is 45.7 Å². The summed E-state index contributed by atoms with van der Waals surface area (Å²) < 4.78 is 26.4. The summed E-state index contributed by atoms with van der Waals surface area (Å²) in [4.78, 5) is 10.8. The van der Waals surface area contributed by atoms with Gasteiger partial charge in [0, 0.05) is 0 Å². The van der Waals surface area contributed by atoms with Crippen LogP contribution in [0.5, 0.6) is 0 Å². The lowest BCUT2D eigenvalue weighted by Crippen LogP contribution is -1.98. The van der Waals surface area contributed by atoms with E-state index in [1.165, 1.54) is 0 Å². The molecule has 0 amide bonds. The number of carbonyl (C=O) groups excluding carboxylic acids is 1. The van der Waals surface area contributed by atoms with Crippen LogP contribution in [0.1, 0.15) is 22.5 Å². The molecule has 7 heteroatoms. The van der Waals surface area contributed by atoms with Crippen LogP contribution in [-0.4, -0.2) is 16.1 Å². The zero-order chi connectivity index (χ0) is 13.3. The van der Waals surface area contributed by atoms with Crippen molar-refractivity contribution in [3.63, 3.8) is 0 Å². The summed E-state index contributed by atoms with van der Waals surface area (Å²) in [5.41, 5.74) is -0.652. The summed E-state index contributed by atoms with van der Waals surface area (Å²) in [5.74, 6) is 0. The molecule has 0 unspecified atom stereocenters. The SMILES string of the molecule is O=Cc1c(C(F)F)nn(-c2ccccc2Cl)c1Cl. The summed E-state index contributed by atoms with van der Waals surface area (Å²) >= 11 is 11.8. The fourth-order valence-corrected chi connectivity index (χ4v) is 1.96. The van der Waals surface area contributed by atoms with E-state index in [9.17, 15) is 13.6 Å². The fraction of sp³-hybridized carbons (Fsp3) is 0.0909. The van der Waals surface area contributed by atoms with Gasteiger partial charge < -0.3 is 0 Å². The smallest absolute Gasteiger partial charge is 0.282 e. The molecule has 0 saturated carbocycles. The molecule has 1 heterocycles. The highest BCUT2D eigenvalue weighted by atomic mass is 35.5. The maximum absolute atomic E-state index is 12.7. The third-order valence-corrected chi connectivity index (χ3v) is 2.98. The Balaban J connectivity index is 2.67. The molecule has 0 aliphatic carbocycles. The van der Waals surface area contributed by atoms with Gasteiger partial charge in [-0.1, -0.05) is 35.3 Å². The normalized spacial score (nSPS) is 10.9. The molecule has 18 heavy (non-hydrogen) atoms. The average Bonchev–Trinajstić information content (AvgIpc) is 2.67. The second kappa shape index (κ2) is 5.04. The van der Waals surface area contributed by atoms with Crippen molar-refractivity contribution < 1.29 is 13.6 Å². The van der Waals surface area contributed by atoms with E-state index in [-0.39, 0.29) is 17.0 Å². The van der Waals surface area contributed by atoms with Gasteiger partial charge in [0.1, 0.15) is 10.8 Å². The molecule has 1 aromatic heterocycles. The van der Waals surface area contributed by atoms with Gasteiger partial charge in [0.15, 0.2) is 6.29 Å². The van der Waals surface area contributed by atoms with Gasteiger partial charge >= 0.3 is 0 Å². The lowest BCUT2D eigenvalue weighted by Gasteiger charge is -2.04. The van der Waals surface area contributed by atoms with Gasteiger partial charge in [0.05, 0.1) is 16.3 Å². The van der Waals surface area contributed by atoms with E-state index < -0.39 is 12.1 Å². The molecule has 2 aromatic rings. The quantitative estimate of drug-likeness (QED) is 0.803. The highest BCUT2D eigenvalue weighted by molar-refractivity contribution is 6.34. The van der Waals surface area contributed by atoms with E-state index in [1.807, 2.05) is 0 Å². The van der Waals surface area contributed by atoms with Crippen LogP contribution in [0.15, 0.2) is 24.3 Å². The van der Waals surface area contributed by atoms with Crippen molar-refractivity contribution >= 4 is 29.5 Å². The van der Waals surface area contributed by atoms with Crippen LogP contribution in [0, 0.1) is 0 Å². The molecular weight excluding hydrogens is 285 g/mol. The Bertz CT molecular complexity index is 599. The number of aromatic nitrogens is 2. The third-order valence-electron chi connectivity index (χ3n) is 2.30. The number of aldehydes is 1. The molecule has 0 atom stereocenters. The number of halogens is 4. The molecule has 0 saturated heterocycles. The van der Waals surface area contributed by atoms with Crippen LogP contribution < -0.4 is 0 Å². The van der Waals surface area contributed by atoms with Gasteiger partial charge in [-0.2, -0.15) is 5.10 Å². The molecule has 0 fully saturated rings. The van der Waals surface area contributed by atoms with Crippen molar-refractivity contribution in [2.45, 2.75) is 6.43 Å². The molecule has 2 rings (SSSR count). The van der Waals surface area contributed by atoms with Gasteiger partial charge in [0.25, 0.3) is 6.43 Å². The maximum Gasteiger partial charge on any atom is 0.282 e. The van der Waals surface area contributed by atoms with E-state index in [0.29, 0.717) is 10.7 Å². The molecule has 0 aliphatic heterocycles. The van der Waals surface area contributed by atoms with Crippen molar-refractivity contribution in [3.8, 4) is 5.69 Å². The summed E-state index contributed by atoms with van der Waals surface area (Å²) in [7, 11) is 0. The average molecular weight is 291 g/mol. The Morgan fingerprint density at radius 3 is 2.44 bits per heavy atom. The summed E-state index contributed by atoms with van der Waals surface area (Å²) in [6.45, 7) is 0. The minimum Gasteiger partial charge on any atom is -0.298 e. The predicted molar refractivity (Wildman–Crippen MR) is 63.9 cm³/mol. The lowest BCUT2D eigenvalue weighted by molar-refractivity contribution is 0.110. The summed E-state index contributed by atoms with van der Waals surface area (Å²) in [6.07, 6.45) is -2.63. The number of para-hydroxylation sites is 1. The van der Waals surface area contributed by atoms with E-state index in [4.69, 9.17) is 23.2 Å². The lowest BCUT2D eigenvalue weighted by atomic mass is 10.3. The Labute approximate surface area is 111 Å². The van der Waals surface area contributed by atoms with Crippen LogP contribution in [0.3, 0.4) is 0 Å². The molecule has 1 aromatic carbocycles. The number of benzene rings is 1. The Morgan fingerprint density at radius 1 is 1.28 bits per heavy atom. The fourth-order valence-electron chi connectivity index (χ4n) is 1.48. The van der Waals surface area contributed by atoms with Crippen LogP contribution in [-0.2, 0) is 0 Å². The van der Waals surface area contributed by atoms with Crippen molar-refractivity contribution in [2.75, 3.05) is 0 Å². The number of alkyl halides is 2. The molecule has 94 valence electrons. The van der Waals surface area contributed by atoms with Gasteiger partial charge in [-0.05, 0) is 12.1 Å². The Hall–Kier alpha value is -1.46. The first-order chi connectivity index (χ1) is 8.56. The first-order valence-electron chi connectivity index (χ1n) is 4.83. The van der Waals surface area contributed by atoms with Crippen molar-refractivity contribution in [2.24, 2.45) is 0 Å². The topological polar surface area (TPSA) is 34.9 Å². The number of nitrogens with zero attached hydrogens (tertiary/aromatic N) is 2. The monoisotopic (exact) mass is 290 g/mol. The van der Waals surface area contributed by atoms with Crippen LogP contribution in [0.4, 0.5) is 8.78 Å². The van der Waals surface area contributed by atoms with Crippen LogP contribution >= 0.6 is 23.2 Å². The van der Waals surface area contributed by atoms with Crippen LogP contribution in [0.25, 0.3) is 5.69 Å². The Morgan fingerprint density at radius 2 is 1.94 bits per heavy atom. The first-order valence-corrected chi connectivity index (χ1v) is 5.58. The van der Waals surface area contributed by atoms with E-state index in [0.717, 1.165) is 4.68 Å². The van der Waals surface area contributed by atoms with Crippen LogP contribution in [0.2, 0.25) is 10.2 Å². The van der Waals surface area contributed by atoms with Gasteiger partial charge in [-0.3, -0.25) is 4.79 Å². The second-order valence-electron chi connectivity index (χ2n) is 3.37. The largest absolute Gasteiger partial charge is 0.298 e. The number of rotatable bonds is 3. The summed E-state index contributed by atoms with van der Waals surface area (Å²) in [6, 6.07) is 6.46. The Kier molecular flexibility index (Phi) is 3.63. The molecule has 0 radical (unpaired) electrons. The zero-order valence-corrected chi connectivity index (χ0v) is 10.3. The molecule has 0 bridgehead atoms. The second-order valence-corrected chi connectivity index (χ2v) is 4.14. The minimum atomic E-state index is -2.88. The highest BCUT2D eigenvalue weighted by Gasteiger charge is 2.24. The van der Waals surface area contributed by atoms with Gasteiger partial charge in [0.2, 0.25) is 0 Å². The molecule has 3 nitrogen and oxygen atoms in total. The standard InChI is InChI=1S/C11H6Cl2F2N2O/c12-7-3-1-2-4-8(7)17-10(13)6(5-18)9(16-17)11(14)15/h1-5,11H. The van der Waals surface area contributed by atoms with E-state index in [2.05, 4.69) is 5.10 Å². The third kappa shape index (κ3) is 2.11. The first kappa shape index (κ1) is 13.0. The summed E-state index contributed by atoms with van der Waals surface area (Å²) in [5, 5.41) is 3.74. The molecule has 0 spiro atoms. The van der Waals surface area contributed by atoms with Gasteiger partial charge in [-0.15, -0.1) is 0 Å². The number of carbonyl (C=O) groups is 1. The van der Waals surface area contributed by atoms with E-state index in [1.54, 1.807) is 24.3 Å². The van der Waals surface area contributed by atoms with Crippen molar-refractivity contribution in [1.82, 2.24) is 9.78 Å². The van der Waals surface area contributed by atoms with Crippen molar-refractivity contribution in [1.29, 1.82) is 0 Å². The predicted octanol–water partition coefficient (Wildman–Crippen LogP) is 3.93. The number of hydrogen-bond acceptors (Lipinski definition) is 2. The van der Waals surface area contributed by atoms with Gasteiger partial charge in [-0.25, -0.2) is 13.5 Å². The van der Waals surface area contributed by atoms with E-state index >= 15 is 0 Å². The molecule has 0 N–H and O–H groups in total. The zero-order valence-electron chi connectivity index (χ0n) is 8.78.